The van der Waals surface area contributed by atoms with Crippen LogP contribution in [0.3, 0.4) is 0 Å². The number of allylic oxidation sites excluding steroid dienone is 1. The highest BCUT2D eigenvalue weighted by atomic mass is 16.3. The van der Waals surface area contributed by atoms with E-state index in [0.717, 1.165) is 29.5 Å². The van der Waals surface area contributed by atoms with Crippen LogP contribution in [0, 0.1) is 0 Å². The third kappa shape index (κ3) is 2.69. The summed E-state index contributed by atoms with van der Waals surface area (Å²) in [5, 5.41) is 10.1. The van der Waals surface area contributed by atoms with Crippen molar-refractivity contribution in [2.45, 2.75) is 39.2 Å². The lowest BCUT2D eigenvalue weighted by molar-refractivity contribution is 0.0531. The summed E-state index contributed by atoms with van der Waals surface area (Å²) in [6.07, 6.45) is 1.69. The van der Waals surface area contributed by atoms with Gasteiger partial charge >= 0.3 is 0 Å². The lowest BCUT2D eigenvalue weighted by Crippen LogP contribution is -2.19. The van der Waals surface area contributed by atoms with E-state index in [9.17, 15) is 5.11 Å². The monoisotopic (exact) mass is 204 g/mol. The zero-order valence-corrected chi connectivity index (χ0v) is 9.88. The number of hydrogen-bond acceptors (Lipinski definition) is 1. The van der Waals surface area contributed by atoms with E-state index in [-0.39, 0.29) is 0 Å². The molecule has 1 aromatic rings. The van der Waals surface area contributed by atoms with Gasteiger partial charge in [0.25, 0.3) is 0 Å². The fourth-order valence-corrected chi connectivity index (χ4v) is 1.47. The van der Waals surface area contributed by atoms with Crippen molar-refractivity contribution in [2.24, 2.45) is 0 Å². The normalized spacial score (nSPS) is 14.7. The molecule has 0 aliphatic carbocycles. The van der Waals surface area contributed by atoms with Crippen LogP contribution in [0.15, 0.2) is 30.8 Å². The molecule has 1 aromatic carbocycles. The molecule has 0 saturated heterocycles. The zero-order chi connectivity index (χ0) is 11.5. The second kappa shape index (κ2) is 4.63. The highest BCUT2D eigenvalue weighted by Gasteiger charge is 2.19. The summed E-state index contributed by atoms with van der Waals surface area (Å²) in [5.74, 6) is 0. The topological polar surface area (TPSA) is 20.2 Å². The van der Waals surface area contributed by atoms with Gasteiger partial charge in [-0.25, -0.2) is 0 Å². The van der Waals surface area contributed by atoms with Crippen molar-refractivity contribution in [1.29, 1.82) is 0 Å². The van der Waals surface area contributed by atoms with Gasteiger partial charge < -0.3 is 5.11 Å². The van der Waals surface area contributed by atoms with Crippen LogP contribution in [0.4, 0.5) is 0 Å². The molecule has 1 N–H and O–H groups in total. The average molecular weight is 204 g/mol. The maximum atomic E-state index is 10.1. The van der Waals surface area contributed by atoms with E-state index in [1.54, 1.807) is 0 Å². The molecular formula is C14H20O. The highest BCUT2D eigenvalue weighted by molar-refractivity contribution is 5.63. The predicted octanol–water partition coefficient (Wildman–Crippen LogP) is 3.73. The maximum Gasteiger partial charge on any atom is 0.0865 e. The molecule has 0 heterocycles. The summed E-state index contributed by atoms with van der Waals surface area (Å²) in [6, 6.07) is 8.04. The van der Waals surface area contributed by atoms with Crippen molar-refractivity contribution in [2.75, 3.05) is 0 Å². The second-order valence-electron chi connectivity index (χ2n) is 4.16. The Morgan fingerprint density at radius 1 is 1.27 bits per heavy atom. The van der Waals surface area contributed by atoms with Crippen LogP contribution in [0.2, 0.25) is 0 Å². The molecule has 0 fully saturated rings. The fourth-order valence-electron chi connectivity index (χ4n) is 1.47. The molecule has 0 radical (unpaired) electrons. The van der Waals surface area contributed by atoms with Crippen LogP contribution in [-0.4, -0.2) is 5.11 Å². The Bertz CT molecular complexity index is 333. The molecule has 0 aliphatic heterocycles. The summed E-state index contributed by atoms with van der Waals surface area (Å²) in [7, 11) is 0. The third-order valence-electron chi connectivity index (χ3n) is 3.03. The van der Waals surface area contributed by atoms with Crippen LogP contribution < -0.4 is 0 Å². The van der Waals surface area contributed by atoms with Crippen molar-refractivity contribution < 1.29 is 5.11 Å². The van der Waals surface area contributed by atoms with E-state index in [0.29, 0.717) is 0 Å². The Labute approximate surface area is 92.5 Å². The number of aliphatic hydroxyl groups is 1. The molecule has 82 valence electrons. The van der Waals surface area contributed by atoms with Gasteiger partial charge in [0.15, 0.2) is 0 Å². The van der Waals surface area contributed by atoms with E-state index in [1.807, 2.05) is 38.1 Å². The third-order valence-corrected chi connectivity index (χ3v) is 3.03. The van der Waals surface area contributed by atoms with Crippen molar-refractivity contribution in [3.05, 3.63) is 42.0 Å². The minimum atomic E-state index is -0.716. The summed E-state index contributed by atoms with van der Waals surface area (Å²) in [4.78, 5) is 0. The van der Waals surface area contributed by atoms with E-state index in [2.05, 4.69) is 13.5 Å². The molecule has 1 nitrogen and oxygen atoms in total. The first-order valence-corrected chi connectivity index (χ1v) is 5.52. The number of rotatable bonds is 4. The largest absolute Gasteiger partial charge is 0.385 e. The van der Waals surface area contributed by atoms with Crippen molar-refractivity contribution in [3.63, 3.8) is 0 Å². The molecule has 0 spiro atoms. The van der Waals surface area contributed by atoms with Gasteiger partial charge in [-0.05, 0) is 36.5 Å². The second-order valence-corrected chi connectivity index (χ2v) is 4.16. The Hall–Kier alpha value is -1.08. The van der Waals surface area contributed by atoms with E-state index in [4.69, 9.17) is 0 Å². The summed E-state index contributed by atoms with van der Waals surface area (Å²) < 4.78 is 0. The molecule has 0 amide bonds. The standard InChI is InChI=1S/C14H20O/c1-5-11(3)12-7-9-13(10-8-12)14(4,15)6-2/h7-10,15H,3,5-6H2,1-2,4H3. The van der Waals surface area contributed by atoms with Gasteiger partial charge in [-0.3, -0.25) is 0 Å². The Balaban J connectivity index is 2.95. The maximum absolute atomic E-state index is 10.1. The average Bonchev–Trinajstić information content (AvgIpc) is 2.28. The Morgan fingerprint density at radius 3 is 2.20 bits per heavy atom. The lowest BCUT2D eigenvalue weighted by atomic mass is 9.91. The van der Waals surface area contributed by atoms with Crippen LogP contribution in [0.25, 0.3) is 5.57 Å². The van der Waals surface area contributed by atoms with E-state index >= 15 is 0 Å². The van der Waals surface area contributed by atoms with Gasteiger partial charge in [0.1, 0.15) is 0 Å². The minimum Gasteiger partial charge on any atom is -0.385 e. The van der Waals surface area contributed by atoms with Crippen LogP contribution in [0.1, 0.15) is 44.7 Å². The van der Waals surface area contributed by atoms with Gasteiger partial charge in [0, 0.05) is 0 Å². The molecule has 1 rings (SSSR count). The summed E-state index contributed by atoms with van der Waals surface area (Å²) >= 11 is 0. The van der Waals surface area contributed by atoms with Gasteiger partial charge in [-0.1, -0.05) is 44.7 Å². The smallest absolute Gasteiger partial charge is 0.0865 e. The lowest BCUT2D eigenvalue weighted by Gasteiger charge is -2.22. The summed E-state index contributed by atoms with van der Waals surface area (Å²) in [5.41, 5.74) is 2.55. The minimum absolute atomic E-state index is 0.716. The molecule has 1 heteroatoms. The SMILES string of the molecule is C=C(CC)c1ccc(C(C)(O)CC)cc1. The van der Waals surface area contributed by atoms with Crippen molar-refractivity contribution in [3.8, 4) is 0 Å². The summed E-state index contributed by atoms with van der Waals surface area (Å²) in [6.45, 7) is 9.92. The van der Waals surface area contributed by atoms with Crippen LogP contribution >= 0.6 is 0 Å². The molecule has 1 atom stereocenters. The number of hydrogen-bond donors (Lipinski definition) is 1. The van der Waals surface area contributed by atoms with Crippen LogP contribution in [0.5, 0.6) is 0 Å². The van der Waals surface area contributed by atoms with Gasteiger partial charge in [0.2, 0.25) is 0 Å². The number of benzene rings is 1. The van der Waals surface area contributed by atoms with Crippen molar-refractivity contribution >= 4 is 5.57 Å². The Morgan fingerprint density at radius 2 is 1.80 bits per heavy atom. The van der Waals surface area contributed by atoms with E-state index < -0.39 is 5.60 Å². The Kier molecular flexibility index (Phi) is 3.70. The molecule has 0 aliphatic rings. The molecular weight excluding hydrogens is 184 g/mol. The fraction of sp³-hybridized carbons (Fsp3) is 0.429. The first-order chi connectivity index (χ1) is 7.01. The molecule has 0 aromatic heterocycles. The first-order valence-electron chi connectivity index (χ1n) is 5.52. The van der Waals surface area contributed by atoms with Gasteiger partial charge in [-0.15, -0.1) is 0 Å². The zero-order valence-electron chi connectivity index (χ0n) is 9.88. The van der Waals surface area contributed by atoms with Gasteiger partial charge in [-0.2, -0.15) is 0 Å². The molecule has 1 unspecified atom stereocenters. The molecule has 0 saturated carbocycles. The quantitative estimate of drug-likeness (QED) is 0.792. The molecule has 0 bridgehead atoms. The van der Waals surface area contributed by atoms with Crippen LogP contribution in [-0.2, 0) is 5.60 Å². The highest BCUT2D eigenvalue weighted by Crippen LogP contribution is 2.25. The van der Waals surface area contributed by atoms with Crippen molar-refractivity contribution in [1.82, 2.24) is 0 Å². The van der Waals surface area contributed by atoms with Gasteiger partial charge in [0.05, 0.1) is 5.60 Å². The van der Waals surface area contributed by atoms with E-state index in [1.165, 1.54) is 0 Å². The predicted molar refractivity (Wildman–Crippen MR) is 65.6 cm³/mol. The first kappa shape index (κ1) is 12.0. The molecule has 15 heavy (non-hydrogen) atoms.